The highest BCUT2D eigenvalue weighted by Crippen LogP contribution is 2.17. The van der Waals surface area contributed by atoms with E-state index in [-0.39, 0.29) is 17.7 Å². The van der Waals surface area contributed by atoms with Crippen molar-refractivity contribution in [1.82, 2.24) is 5.32 Å². The topological polar surface area (TPSA) is 69.6 Å². The maximum Gasteiger partial charge on any atom is 0.251 e. The molecular formula is C13H19NO3. The third-order valence-electron chi connectivity index (χ3n) is 2.54. The molecule has 0 aliphatic carbocycles. The summed E-state index contributed by atoms with van der Waals surface area (Å²) in [6, 6.07) is 4.70. The van der Waals surface area contributed by atoms with Crippen LogP contribution in [-0.4, -0.2) is 28.3 Å². The van der Waals surface area contributed by atoms with Crippen molar-refractivity contribution in [3.63, 3.8) is 0 Å². The summed E-state index contributed by atoms with van der Waals surface area (Å²) < 4.78 is 0. The van der Waals surface area contributed by atoms with Gasteiger partial charge in [0.15, 0.2) is 0 Å². The maximum atomic E-state index is 11.8. The number of phenolic OH excluding ortho intramolecular Hbond substituents is 1. The lowest BCUT2D eigenvalue weighted by Gasteiger charge is -2.15. The molecule has 0 aromatic heterocycles. The van der Waals surface area contributed by atoms with Gasteiger partial charge in [0, 0.05) is 11.6 Å². The van der Waals surface area contributed by atoms with Crippen LogP contribution in [0.4, 0.5) is 0 Å². The molecule has 0 bridgehead atoms. The van der Waals surface area contributed by atoms with Gasteiger partial charge in [0.05, 0.1) is 6.10 Å². The fraction of sp³-hybridized carbons (Fsp3) is 0.462. The van der Waals surface area contributed by atoms with Crippen molar-refractivity contribution in [3.05, 3.63) is 29.3 Å². The van der Waals surface area contributed by atoms with E-state index in [2.05, 4.69) is 5.32 Å². The lowest BCUT2D eigenvalue weighted by molar-refractivity contribution is 0.0922. The van der Waals surface area contributed by atoms with Gasteiger partial charge in [-0.15, -0.1) is 0 Å². The Bertz CT molecular complexity index is 402. The average Bonchev–Trinajstić information content (AvgIpc) is 2.20. The number of nitrogens with one attached hydrogen (secondary N) is 1. The summed E-state index contributed by atoms with van der Waals surface area (Å²) in [6.07, 6.45) is 0.0561. The number of carbonyl (C=O) groups excluding carboxylic acids is 1. The Morgan fingerprint density at radius 3 is 2.59 bits per heavy atom. The fourth-order valence-corrected chi connectivity index (χ4v) is 1.63. The Morgan fingerprint density at radius 1 is 1.41 bits per heavy atom. The van der Waals surface area contributed by atoms with Gasteiger partial charge in [0.2, 0.25) is 0 Å². The molecule has 4 heteroatoms. The second-order valence-corrected chi connectivity index (χ2v) is 4.46. The molecule has 3 N–H and O–H groups in total. The van der Waals surface area contributed by atoms with Crippen molar-refractivity contribution in [2.45, 2.75) is 39.3 Å². The number of benzene rings is 1. The summed E-state index contributed by atoms with van der Waals surface area (Å²) in [6.45, 7) is 5.28. The molecule has 0 aliphatic heterocycles. The van der Waals surface area contributed by atoms with E-state index >= 15 is 0 Å². The van der Waals surface area contributed by atoms with Crippen LogP contribution >= 0.6 is 0 Å². The van der Waals surface area contributed by atoms with Crippen LogP contribution in [0, 0.1) is 6.92 Å². The highest BCUT2D eigenvalue weighted by Gasteiger charge is 2.12. The Balaban J connectivity index is 2.66. The molecule has 0 aliphatic rings. The summed E-state index contributed by atoms with van der Waals surface area (Å²) in [5, 5.41) is 21.5. The number of hydrogen-bond acceptors (Lipinski definition) is 3. The molecule has 1 amide bonds. The number of aromatic hydroxyl groups is 1. The minimum absolute atomic E-state index is 0.106. The Labute approximate surface area is 101 Å². The minimum Gasteiger partial charge on any atom is -0.508 e. The normalized spacial score (nSPS) is 14.1. The van der Waals surface area contributed by atoms with Crippen LogP contribution < -0.4 is 5.32 Å². The number of aryl methyl sites for hydroxylation is 1. The van der Waals surface area contributed by atoms with Gasteiger partial charge >= 0.3 is 0 Å². The highest BCUT2D eigenvalue weighted by molar-refractivity contribution is 5.94. The summed E-state index contributed by atoms with van der Waals surface area (Å²) >= 11 is 0. The molecule has 0 heterocycles. The van der Waals surface area contributed by atoms with E-state index in [0.717, 1.165) is 5.56 Å². The predicted molar refractivity (Wildman–Crippen MR) is 66.1 cm³/mol. The maximum absolute atomic E-state index is 11.8. The molecule has 17 heavy (non-hydrogen) atoms. The molecule has 0 saturated carbocycles. The molecular weight excluding hydrogens is 218 g/mol. The van der Waals surface area contributed by atoms with Crippen LogP contribution in [0.3, 0.4) is 0 Å². The number of rotatable bonds is 4. The molecule has 0 radical (unpaired) electrons. The molecule has 1 rings (SSSR count). The Morgan fingerprint density at radius 2 is 2.06 bits per heavy atom. The molecule has 0 saturated heterocycles. The van der Waals surface area contributed by atoms with Gasteiger partial charge in [-0.05, 0) is 44.9 Å². The van der Waals surface area contributed by atoms with E-state index in [1.165, 1.54) is 6.07 Å². The number of aliphatic hydroxyl groups is 1. The van der Waals surface area contributed by atoms with E-state index in [4.69, 9.17) is 0 Å². The zero-order valence-corrected chi connectivity index (χ0v) is 10.4. The quantitative estimate of drug-likeness (QED) is 0.744. The van der Waals surface area contributed by atoms with E-state index in [1.54, 1.807) is 26.0 Å². The second kappa shape index (κ2) is 5.68. The molecule has 0 spiro atoms. The molecule has 2 unspecified atom stereocenters. The summed E-state index contributed by atoms with van der Waals surface area (Å²) in [5.41, 5.74) is 1.16. The van der Waals surface area contributed by atoms with Crippen LogP contribution in [-0.2, 0) is 0 Å². The van der Waals surface area contributed by atoms with Crippen molar-refractivity contribution in [2.75, 3.05) is 0 Å². The lowest BCUT2D eigenvalue weighted by Crippen LogP contribution is -2.34. The minimum atomic E-state index is -0.447. The number of carbonyl (C=O) groups is 1. The number of hydrogen-bond donors (Lipinski definition) is 3. The molecule has 1 aromatic carbocycles. The Hall–Kier alpha value is -1.55. The van der Waals surface area contributed by atoms with Gasteiger partial charge in [-0.2, -0.15) is 0 Å². The molecule has 0 fully saturated rings. The lowest BCUT2D eigenvalue weighted by atomic mass is 10.1. The number of amides is 1. The standard InChI is InChI=1S/C13H19NO3/c1-8-4-5-11(7-12(8)16)13(17)14-9(2)6-10(3)15/h4-5,7,9-10,15-16H,6H2,1-3H3,(H,14,17). The third-order valence-corrected chi connectivity index (χ3v) is 2.54. The summed E-state index contributed by atoms with van der Waals surface area (Å²) in [7, 11) is 0. The van der Waals surface area contributed by atoms with Crippen molar-refractivity contribution >= 4 is 5.91 Å². The first kappa shape index (κ1) is 13.5. The fourth-order valence-electron chi connectivity index (χ4n) is 1.63. The predicted octanol–water partition coefficient (Wildman–Crippen LogP) is 1.59. The van der Waals surface area contributed by atoms with E-state index in [1.807, 2.05) is 6.92 Å². The van der Waals surface area contributed by atoms with Crippen LogP contribution in [0.1, 0.15) is 36.2 Å². The van der Waals surface area contributed by atoms with Crippen molar-refractivity contribution in [1.29, 1.82) is 0 Å². The van der Waals surface area contributed by atoms with Crippen molar-refractivity contribution in [2.24, 2.45) is 0 Å². The zero-order valence-electron chi connectivity index (χ0n) is 10.4. The third kappa shape index (κ3) is 4.07. The van der Waals surface area contributed by atoms with Crippen LogP contribution in [0.5, 0.6) is 5.75 Å². The largest absolute Gasteiger partial charge is 0.508 e. The van der Waals surface area contributed by atoms with E-state index in [9.17, 15) is 15.0 Å². The zero-order chi connectivity index (χ0) is 13.0. The van der Waals surface area contributed by atoms with Crippen molar-refractivity contribution in [3.8, 4) is 5.75 Å². The first-order valence-corrected chi connectivity index (χ1v) is 5.68. The average molecular weight is 237 g/mol. The van der Waals surface area contributed by atoms with Gasteiger partial charge < -0.3 is 15.5 Å². The monoisotopic (exact) mass is 237 g/mol. The summed E-state index contributed by atoms with van der Waals surface area (Å²) in [4.78, 5) is 11.8. The molecule has 94 valence electrons. The Kier molecular flexibility index (Phi) is 4.52. The second-order valence-electron chi connectivity index (χ2n) is 4.46. The van der Waals surface area contributed by atoms with Gasteiger partial charge in [0.25, 0.3) is 5.91 Å². The van der Waals surface area contributed by atoms with Gasteiger partial charge in [-0.3, -0.25) is 4.79 Å². The van der Waals surface area contributed by atoms with E-state index in [0.29, 0.717) is 12.0 Å². The van der Waals surface area contributed by atoms with Gasteiger partial charge in [-0.25, -0.2) is 0 Å². The SMILES string of the molecule is Cc1ccc(C(=O)NC(C)CC(C)O)cc1O. The first-order chi connectivity index (χ1) is 7.90. The van der Waals surface area contributed by atoms with Crippen LogP contribution in [0.25, 0.3) is 0 Å². The smallest absolute Gasteiger partial charge is 0.251 e. The molecule has 2 atom stereocenters. The van der Waals surface area contributed by atoms with Crippen molar-refractivity contribution < 1.29 is 15.0 Å². The number of phenols is 1. The van der Waals surface area contributed by atoms with Gasteiger partial charge in [-0.1, -0.05) is 6.07 Å². The van der Waals surface area contributed by atoms with Gasteiger partial charge in [0.1, 0.15) is 5.75 Å². The van der Waals surface area contributed by atoms with E-state index < -0.39 is 6.10 Å². The molecule has 4 nitrogen and oxygen atoms in total. The summed E-state index contributed by atoms with van der Waals surface area (Å²) in [5.74, 6) is -0.130. The number of aliphatic hydroxyl groups excluding tert-OH is 1. The highest BCUT2D eigenvalue weighted by atomic mass is 16.3. The first-order valence-electron chi connectivity index (χ1n) is 5.68. The van der Waals surface area contributed by atoms with Crippen LogP contribution in [0.2, 0.25) is 0 Å². The molecule has 1 aromatic rings. The van der Waals surface area contributed by atoms with Crippen LogP contribution in [0.15, 0.2) is 18.2 Å².